The summed E-state index contributed by atoms with van der Waals surface area (Å²) in [6.45, 7) is 4.65. The van der Waals surface area contributed by atoms with Crippen LogP contribution in [0.4, 0.5) is 0 Å². The van der Waals surface area contributed by atoms with Crippen molar-refractivity contribution in [3.8, 4) is 11.5 Å². The number of carbonyl (C=O) groups excluding carboxylic acids is 2. The van der Waals surface area contributed by atoms with Gasteiger partial charge >= 0.3 is 5.97 Å². The topological polar surface area (TPSA) is 67.9 Å². The zero-order valence-corrected chi connectivity index (χ0v) is 27.6. The van der Waals surface area contributed by atoms with Crippen molar-refractivity contribution < 1.29 is 19.2 Å². The first-order valence-corrected chi connectivity index (χ1v) is 16.0. The SMILES string of the molecule is CCCCCc1ccc(CNC(=O)c2cc(Br)c(CN(Cc3cccc(Oc4ccccc4)c3)OC(C)=O)c(Br)c2)cc1. The first-order chi connectivity index (χ1) is 20.8. The van der Waals surface area contributed by atoms with Gasteiger partial charge in [0.25, 0.3) is 5.91 Å². The van der Waals surface area contributed by atoms with Crippen LogP contribution in [-0.2, 0) is 35.7 Å². The lowest BCUT2D eigenvalue weighted by atomic mass is 10.1. The molecule has 0 saturated heterocycles. The number of hydroxylamine groups is 2. The second kappa shape index (κ2) is 16.4. The molecule has 0 spiro atoms. The summed E-state index contributed by atoms with van der Waals surface area (Å²) in [4.78, 5) is 30.5. The van der Waals surface area contributed by atoms with Gasteiger partial charge in [0.2, 0.25) is 0 Å². The van der Waals surface area contributed by atoms with Crippen molar-refractivity contribution in [3.63, 3.8) is 0 Å². The Morgan fingerprint density at radius 3 is 2.12 bits per heavy atom. The number of ether oxygens (including phenoxy) is 1. The molecule has 0 bridgehead atoms. The third-order valence-corrected chi connectivity index (χ3v) is 8.19. The van der Waals surface area contributed by atoms with Gasteiger partial charge in [-0.1, -0.05) is 106 Å². The first kappa shape index (κ1) is 32.5. The summed E-state index contributed by atoms with van der Waals surface area (Å²) in [5.74, 6) is 0.831. The largest absolute Gasteiger partial charge is 0.457 e. The summed E-state index contributed by atoms with van der Waals surface area (Å²) in [7, 11) is 0. The molecule has 8 heteroatoms. The van der Waals surface area contributed by atoms with Gasteiger partial charge in [0.05, 0.1) is 13.1 Å². The molecule has 4 aromatic carbocycles. The van der Waals surface area contributed by atoms with Crippen molar-refractivity contribution >= 4 is 43.7 Å². The number of rotatable bonds is 14. The van der Waals surface area contributed by atoms with Crippen molar-refractivity contribution in [1.29, 1.82) is 0 Å². The summed E-state index contributed by atoms with van der Waals surface area (Å²) < 4.78 is 7.41. The van der Waals surface area contributed by atoms with Crippen LogP contribution in [0.3, 0.4) is 0 Å². The lowest BCUT2D eigenvalue weighted by molar-refractivity contribution is -0.194. The highest BCUT2D eigenvalue weighted by atomic mass is 79.9. The number of hydrogen-bond donors (Lipinski definition) is 1. The fourth-order valence-corrected chi connectivity index (χ4v) is 6.02. The summed E-state index contributed by atoms with van der Waals surface area (Å²) in [6.07, 6.45) is 4.73. The number of unbranched alkanes of at least 4 members (excludes halogenated alkanes) is 2. The van der Waals surface area contributed by atoms with Gasteiger partial charge in [-0.2, -0.15) is 0 Å². The number of amides is 1. The Hall–Kier alpha value is -3.46. The van der Waals surface area contributed by atoms with Gasteiger partial charge < -0.3 is 14.9 Å². The highest BCUT2D eigenvalue weighted by molar-refractivity contribution is 9.11. The minimum Gasteiger partial charge on any atom is -0.457 e. The second-order valence-electron chi connectivity index (χ2n) is 10.3. The van der Waals surface area contributed by atoms with Crippen LogP contribution in [0.5, 0.6) is 11.5 Å². The average molecular weight is 708 g/mol. The zero-order valence-electron chi connectivity index (χ0n) is 24.4. The van der Waals surface area contributed by atoms with Crippen LogP contribution in [0.15, 0.2) is 99.9 Å². The fraction of sp³-hybridized carbons (Fsp3) is 0.257. The molecule has 1 N–H and O–H groups in total. The van der Waals surface area contributed by atoms with E-state index >= 15 is 0 Å². The third-order valence-electron chi connectivity index (χ3n) is 6.78. The van der Waals surface area contributed by atoms with E-state index in [0.29, 0.717) is 24.4 Å². The highest BCUT2D eigenvalue weighted by Crippen LogP contribution is 2.30. The van der Waals surface area contributed by atoms with Crippen LogP contribution in [0.2, 0.25) is 0 Å². The van der Waals surface area contributed by atoms with Crippen LogP contribution in [0, 0.1) is 0 Å². The standard InChI is InChI=1S/C35H36Br2N2O4/c1-3-4-6-10-26-15-17-27(18-16-26)22-38-35(41)29-20-33(36)32(34(37)21-29)24-39(43-25(2)40)23-28-11-9-14-31(19-28)42-30-12-7-5-8-13-30/h5,7-9,11-21H,3-4,6,10,22-24H2,1-2H3,(H,38,41). The van der Waals surface area contributed by atoms with E-state index in [2.05, 4.69) is 68.4 Å². The number of nitrogens with zero attached hydrogens (tertiary/aromatic N) is 1. The molecule has 0 unspecified atom stereocenters. The minimum atomic E-state index is -0.422. The Morgan fingerprint density at radius 1 is 0.767 bits per heavy atom. The Balaban J connectivity index is 1.40. The molecule has 4 rings (SSSR count). The van der Waals surface area contributed by atoms with E-state index in [1.165, 1.54) is 31.7 Å². The van der Waals surface area contributed by atoms with Crippen LogP contribution in [-0.4, -0.2) is 16.9 Å². The molecule has 1 amide bonds. The minimum absolute atomic E-state index is 0.174. The number of benzene rings is 4. The maximum atomic E-state index is 13.0. The van der Waals surface area contributed by atoms with E-state index in [4.69, 9.17) is 9.57 Å². The van der Waals surface area contributed by atoms with Crippen molar-refractivity contribution in [3.05, 3.63) is 128 Å². The quantitative estimate of drug-likeness (QED) is 0.105. The van der Waals surface area contributed by atoms with Crippen molar-refractivity contribution in [1.82, 2.24) is 10.4 Å². The van der Waals surface area contributed by atoms with Gasteiger partial charge in [-0.25, -0.2) is 0 Å². The monoisotopic (exact) mass is 706 g/mol. The number of aryl methyl sites for hydroxylation is 1. The molecule has 0 aliphatic rings. The molecule has 0 fully saturated rings. The second-order valence-corrected chi connectivity index (χ2v) is 12.0. The molecule has 0 heterocycles. The molecule has 0 aliphatic heterocycles. The smallest absolute Gasteiger partial charge is 0.322 e. The summed E-state index contributed by atoms with van der Waals surface area (Å²) >= 11 is 7.26. The number of carbonyl (C=O) groups is 2. The molecular weight excluding hydrogens is 672 g/mol. The van der Waals surface area contributed by atoms with E-state index in [1.807, 2.05) is 54.6 Å². The molecule has 0 atom stereocenters. The number of nitrogens with one attached hydrogen (secondary N) is 1. The highest BCUT2D eigenvalue weighted by Gasteiger charge is 2.18. The normalized spacial score (nSPS) is 10.9. The van der Waals surface area contributed by atoms with Crippen molar-refractivity contribution in [2.75, 3.05) is 0 Å². The van der Waals surface area contributed by atoms with Crippen LogP contribution >= 0.6 is 31.9 Å². The Kier molecular flexibility index (Phi) is 12.4. The Morgan fingerprint density at radius 2 is 1.44 bits per heavy atom. The number of hydrogen-bond acceptors (Lipinski definition) is 5. The van der Waals surface area contributed by atoms with E-state index in [9.17, 15) is 9.59 Å². The molecule has 0 aliphatic carbocycles. The summed E-state index contributed by atoms with van der Waals surface area (Å²) in [5.41, 5.74) is 4.64. The van der Waals surface area contributed by atoms with Gasteiger partial charge in [-0.15, -0.1) is 5.06 Å². The third kappa shape index (κ3) is 10.3. The van der Waals surface area contributed by atoms with Crippen molar-refractivity contribution in [2.45, 2.75) is 59.2 Å². The molecule has 6 nitrogen and oxygen atoms in total. The van der Waals surface area contributed by atoms with Gasteiger partial charge in [0, 0.05) is 28.0 Å². The predicted octanol–water partition coefficient (Wildman–Crippen LogP) is 9.15. The van der Waals surface area contributed by atoms with Gasteiger partial charge in [-0.3, -0.25) is 9.59 Å². The predicted molar refractivity (Wildman–Crippen MR) is 177 cm³/mol. The Labute approximate surface area is 270 Å². The maximum absolute atomic E-state index is 13.0. The number of halogens is 2. The Bertz CT molecular complexity index is 1490. The van der Waals surface area contributed by atoms with Crippen molar-refractivity contribution in [2.24, 2.45) is 0 Å². The molecule has 0 radical (unpaired) electrons. The van der Waals surface area contributed by atoms with E-state index in [0.717, 1.165) is 37.8 Å². The van der Waals surface area contributed by atoms with E-state index in [1.54, 1.807) is 17.2 Å². The zero-order chi connectivity index (χ0) is 30.6. The van der Waals surface area contributed by atoms with Crippen LogP contribution < -0.4 is 10.1 Å². The lowest BCUT2D eigenvalue weighted by Gasteiger charge is -2.22. The van der Waals surface area contributed by atoms with Gasteiger partial charge in [0.15, 0.2) is 0 Å². The molecule has 224 valence electrons. The first-order valence-electron chi connectivity index (χ1n) is 14.4. The van der Waals surface area contributed by atoms with Crippen LogP contribution in [0.1, 0.15) is 65.7 Å². The van der Waals surface area contributed by atoms with E-state index in [-0.39, 0.29) is 12.5 Å². The lowest BCUT2D eigenvalue weighted by Crippen LogP contribution is -2.26. The molecule has 0 saturated carbocycles. The molecule has 0 aromatic heterocycles. The summed E-state index contributed by atoms with van der Waals surface area (Å²) in [6, 6.07) is 29.2. The van der Waals surface area contributed by atoms with Gasteiger partial charge in [0.1, 0.15) is 11.5 Å². The molecular formula is C35H36Br2N2O4. The maximum Gasteiger partial charge on any atom is 0.322 e. The average Bonchev–Trinajstić information content (AvgIpc) is 2.99. The van der Waals surface area contributed by atoms with Crippen LogP contribution in [0.25, 0.3) is 0 Å². The fourth-order valence-electron chi connectivity index (χ4n) is 4.59. The summed E-state index contributed by atoms with van der Waals surface area (Å²) in [5, 5.41) is 4.59. The van der Waals surface area contributed by atoms with E-state index < -0.39 is 5.97 Å². The molecule has 43 heavy (non-hydrogen) atoms. The molecule has 4 aromatic rings. The van der Waals surface area contributed by atoms with Gasteiger partial charge in [-0.05, 0) is 71.5 Å². The number of para-hydroxylation sites is 1.